The van der Waals surface area contributed by atoms with E-state index in [-0.39, 0.29) is 24.3 Å². The molecule has 1 aliphatic heterocycles. The molecule has 7 heteroatoms. The fraction of sp³-hybridized carbons (Fsp3) is 0.762. The number of Topliss-reactive ketones (excluding diaryl/α,β-unsaturated/α-hetero) is 1. The van der Waals surface area contributed by atoms with Crippen LogP contribution in [0.25, 0.3) is 0 Å². The average molecular weight is 427 g/mol. The Bertz CT molecular complexity index is 574. The van der Waals surface area contributed by atoms with Crippen molar-refractivity contribution in [2.45, 2.75) is 89.9 Å². The molecule has 0 radical (unpaired) electrons. The minimum atomic E-state index is -1.65. The van der Waals surface area contributed by atoms with Gasteiger partial charge < -0.3 is 18.3 Å². The minimum absolute atomic E-state index is 0.0306. The van der Waals surface area contributed by atoms with Gasteiger partial charge in [-0.1, -0.05) is 18.6 Å². The van der Waals surface area contributed by atoms with Crippen LogP contribution in [-0.2, 0) is 23.1 Å². The van der Waals surface area contributed by atoms with E-state index < -0.39 is 16.6 Å². The van der Waals surface area contributed by atoms with Gasteiger partial charge in [0.05, 0.1) is 19.3 Å². The van der Waals surface area contributed by atoms with Crippen molar-refractivity contribution in [3.8, 4) is 0 Å². The van der Waals surface area contributed by atoms with Crippen LogP contribution >= 0.6 is 0 Å². The normalized spacial score (nSPS) is 26.9. The van der Waals surface area contributed by atoms with Gasteiger partial charge in [0.15, 0.2) is 28.7 Å². The van der Waals surface area contributed by atoms with Crippen molar-refractivity contribution in [2.75, 3.05) is 13.2 Å². The average Bonchev–Trinajstić information content (AvgIpc) is 2.88. The van der Waals surface area contributed by atoms with Gasteiger partial charge in [-0.05, 0) is 64.6 Å². The first-order valence-corrected chi connectivity index (χ1v) is 17.4. The fourth-order valence-electron chi connectivity index (χ4n) is 3.38. The van der Waals surface area contributed by atoms with E-state index in [0.717, 1.165) is 31.3 Å². The molecule has 160 valence electrons. The van der Waals surface area contributed by atoms with Gasteiger partial charge in [0.25, 0.3) is 0 Å². The van der Waals surface area contributed by atoms with E-state index in [2.05, 4.69) is 45.4 Å². The fourth-order valence-corrected chi connectivity index (χ4v) is 5.35. The highest BCUT2D eigenvalue weighted by atomic mass is 28.4. The van der Waals surface area contributed by atoms with E-state index in [1.54, 1.807) is 0 Å². The number of ketones is 1. The monoisotopic (exact) mass is 426 g/mol. The Morgan fingerprint density at radius 3 is 2.39 bits per heavy atom. The van der Waals surface area contributed by atoms with E-state index in [4.69, 9.17) is 18.3 Å². The molecule has 0 saturated carbocycles. The molecule has 1 saturated heterocycles. The standard InChI is InChI=1S/C21H38O5Si2/c1-27(2,3)25-18-15-17(19(22)16-18)11-9-7-8-10-12-20-21(24-14-13-23-20)26-28(4,5)6/h9,11,15,18,20-21H,7-8,10,12-14,16H2,1-6H3/b11-9-. The van der Waals surface area contributed by atoms with Crippen LogP contribution in [-0.4, -0.2) is 54.1 Å². The highest BCUT2D eigenvalue weighted by Gasteiger charge is 2.31. The molecule has 0 amide bonds. The summed E-state index contributed by atoms with van der Waals surface area (Å²) < 4.78 is 23.8. The summed E-state index contributed by atoms with van der Waals surface area (Å²) >= 11 is 0. The molecule has 0 N–H and O–H groups in total. The SMILES string of the molecule is C[Si](C)(C)OC1C=C(/C=C\CCCCC2OCCOC2O[Si](C)(C)C)C(=O)C1. The molecule has 5 nitrogen and oxygen atoms in total. The van der Waals surface area contributed by atoms with Gasteiger partial charge in [-0.3, -0.25) is 4.79 Å². The second-order valence-corrected chi connectivity index (χ2v) is 18.5. The number of unbranched alkanes of at least 4 members (excludes halogenated alkanes) is 2. The highest BCUT2D eigenvalue weighted by Crippen LogP contribution is 2.23. The van der Waals surface area contributed by atoms with Crippen LogP contribution in [0.5, 0.6) is 0 Å². The zero-order valence-corrected chi connectivity index (χ0v) is 20.5. The van der Waals surface area contributed by atoms with E-state index >= 15 is 0 Å². The Kier molecular flexibility index (Phi) is 8.85. The van der Waals surface area contributed by atoms with E-state index in [9.17, 15) is 4.79 Å². The molecule has 1 aliphatic carbocycles. The lowest BCUT2D eigenvalue weighted by molar-refractivity contribution is -0.218. The Balaban J connectivity index is 1.70. The maximum absolute atomic E-state index is 12.1. The molecule has 0 bridgehead atoms. The number of hydrogen-bond acceptors (Lipinski definition) is 5. The molecule has 1 fully saturated rings. The third-order valence-corrected chi connectivity index (χ3v) is 6.41. The molecule has 3 atom stereocenters. The molecular weight excluding hydrogens is 388 g/mol. The van der Waals surface area contributed by atoms with Crippen LogP contribution in [0.2, 0.25) is 39.3 Å². The summed E-state index contributed by atoms with van der Waals surface area (Å²) in [5, 5.41) is 0. The smallest absolute Gasteiger partial charge is 0.187 e. The predicted molar refractivity (Wildman–Crippen MR) is 117 cm³/mol. The van der Waals surface area contributed by atoms with Crippen LogP contribution in [0.3, 0.4) is 0 Å². The summed E-state index contributed by atoms with van der Waals surface area (Å²) in [6.07, 6.45) is 10.3. The summed E-state index contributed by atoms with van der Waals surface area (Å²) in [5.41, 5.74) is 0.802. The number of carbonyl (C=O) groups is 1. The molecule has 0 spiro atoms. The lowest BCUT2D eigenvalue weighted by Gasteiger charge is -2.35. The van der Waals surface area contributed by atoms with Crippen molar-refractivity contribution in [2.24, 2.45) is 0 Å². The predicted octanol–water partition coefficient (Wildman–Crippen LogP) is 4.82. The Morgan fingerprint density at radius 1 is 1.04 bits per heavy atom. The number of carbonyl (C=O) groups excluding carboxylic acids is 1. The molecule has 2 aliphatic rings. The van der Waals surface area contributed by atoms with E-state index in [1.807, 2.05) is 12.2 Å². The minimum Gasteiger partial charge on any atom is -0.411 e. The number of hydrogen-bond donors (Lipinski definition) is 0. The van der Waals surface area contributed by atoms with Gasteiger partial charge in [-0.2, -0.15) is 0 Å². The molecule has 0 aromatic heterocycles. The Morgan fingerprint density at radius 2 is 1.71 bits per heavy atom. The molecule has 0 aromatic rings. The summed E-state index contributed by atoms with van der Waals surface area (Å²) in [6, 6.07) is 0. The topological polar surface area (TPSA) is 54.0 Å². The van der Waals surface area contributed by atoms with E-state index in [0.29, 0.717) is 19.6 Å². The lowest BCUT2D eigenvalue weighted by Crippen LogP contribution is -2.45. The Labute approximate surface area is 172 Å². The van der Waals surface area contributed by atoms with Crippen molar-refractivity contribution >= 4 is 22.4 Å². The first kappa shape index (κ1) is 23.7. The quantitative estimate of drug-likeness (QED) is 0.370. The molecular formula is C21H38O5Si2. The van der Waals surface area contributed by atoms with Crippen LogP contribution in [0.1, 0.15) is 32.1 Å². The van der Waals surface area contributed by atoms with Crippen molar-refractivity contribution < 1.29 is 23.1 Å². The summed E-state index contributed by atoms with van der Waals surface area (Å²) in [5.74, 6) is 0.193. The first-order valence-electron chi connectivity index (χ1n) is 10.5. The summed E-state index contributed by atoms with van der Waals surface area (Å²) in [7, 11) is -3.27. The number of ether oxygens (including phenoxy) is 2. The largest absolute Gasteiger partial charge is 0.411 e. The molecule has 1 heterocycles. The van der Waals surface area contributed by atoms with Crippen molar-refractivity contribution in [3.63, 3.8) is 0 Å². The van der Waals surface area contributed by atoms with Crippen molar-refractivity contribution in [1.29, 1.82) is 0 Å². The maximum Gasteiger partial charge on any atom is 0.187 e. The lowest BCUT2D eigenvalue weighted by atomic mass is 10.1. The van der Waals surface area contributed by atoms with Crippen LogP contribution in [0.15, 0.2) is 23.8 Å². The third kappa shape index (κ3) is 8.84. The number of rotatable bonds is 10. The van der Waals surface area contributed by atoms with E-state index in [1.165, 1.54) is 0 Å². The van der Waals surface area contributed by atoms with Gasteiger partial charge in [0, 0.05) is 12.0 Å². The molecule has 3 unspecified atom stereocenters. The van der Waals surface area contributed by atoms with Crippen LogP contribution in [0, 0.1) is 0 Å². The zero-order chi connectivity index (χ0) is 20.8. The van der Waals surface area contributed by atoms with Gasteiger partial charge in [-0.25, -0.2) is 0 Å². The first-order chi connectivity index (χ1) is 13.0. The highest BCUT2D eigenvalue weighted by molar-refractivity contribution is 6.70. The third-order valence-electron chi connectivity index (χ3n) is 4.46. The van der Waals surface area contributed by atoms with Gasteiger partial charge in [-0.15, -0.1) is 0 Å². The van der Waals surface area contributed by atoms with Gasteiger partial charge in [0.2, 0.25) is 0 Å². The maximum atomic E-state index is 12.1. The van der Waals surface area contributed by atoms with Crippen LogP contribution in [0.4, 0.5) is 0 Å². The van der Waals surface area contributed by atoms with Gasteiger partial charge in [0.1, 0.15) is 6.10 Å². The number of allylic oxidation sites excluding steroid dienone is 3. The second-order valence-electron chi connectivity index (χ2n) is 9.58. The van der Waals surface area contributed by atoms with Crippen molar-refractivity contribution in [1.82, 2.24) is 0 Å². The Hall–Kier alpha value is -0.576. The van der Waals surface area contributed by atoms with Crippen LogP contribution < -0.4 is 0 Å². The molecule has 2 rings (SSSR count). The summed E-state index contributed by atoms with van der Waals surface area (Å²) in [4.78, 5) is 12.1. The van der Waals surface area contributed by atoms with Crippen molar-refractivity contribution in [3.05, 3.63) is 23.8 Å². The summed E-state index contributed by atoms with van der Waals surface area (Å²) in [6.45, 7) is 14.2. The molecule has 0 aromatic carbocycles. The zero-order valence-electron chi connectivity index (χ0n) is 18.5. The second kappa shape index (κ2) is 10.5. The van der Waals surface area contributed by atoms with Gasteiger partial charge >= 0.3 is 0 Å². The molecule has 28 heavy (non-hydrogen) atoms.